The van der Waals surface area contributed by atoms with Crippen LogP contribution in [0.1, 0.15) is 6.42 Å². The topological polar surface area (TPSA) is 43.1 Å². The Morgan fingerprint density at radius 1 is 1.14 bits per heavy atom. The molecule has 0 bridgehead atoms. The second-order valence-electron chi connectivity index (χ2n) is 3.29. The molecule has 2 N–H and O–H groups in total. The first-order valence-electron chi connectivity index (χ1n) is 4.52. The first-order valence-corrected chi connectivity index (χ1v) is 4.52. The van der Waals surface area contributed by atoms with Crippen molar-refractivity contribution in [1.29, 1.82) is 0 Å². The predicted octanol–water partition coefficient (Wildman–Crippen LogP) is 1.78. The highest BCUT2D eigenvalue weighted by Crippen LogP contribution is 2.26. The van der Waals surface area contributed by atoms with Crippen molar-refractivity contribution in [1.82, 2.24) is 0 Å². The molecule has 1 amide bonds. The van der Waals surface area contributed by atoms with E-state index in [4.69, 9.17) is 5.73 Å². The van der Waals surface area contributed by atoms with Crippen LogP contribution in [0.4, 0.5) is 0 Å². The fraction of sp³-hybridized carbons (Fsp3) is 0.0833. The number of primary amides is 1. The largest absolute Gasteiger partial charge is 0.366 e. The lowest BCUT2D eigenvalue weighted by atomic mass is 9.92. The third-order valence-corrected chi connectivity index (χ3v) is 2.33. The van der Waals surface area contributed by atoms with Crippen molar-refractivity contribution >= 4 is 5.91 Å². The highest BCUT2D eigenvalue weighted by Gasteiger charge is 2.13. The lowest BCUT2D eigenvalue weighted by Gasteiger charge is -2.13. The summed E-state index contributed by atoms with van der Waals surface area (Å²) in [6.45, 7) is 0. The molecular formula is C12H11NO. The van der Waals surface area contributed by atoms with Gasteiger partial charge in [-0.3, -0.25) is 4.79 Å². The number of carbonyl (C=O) groups excluding carboxylic acids is 1. The molecule has 0 atom stereocenters. The van der Waals surface area contributed by atoms with Gasteiger partial charge in [0.15, 0.2) is 0 Å². The monoisotopic (exact) mass is 185 g/mol. The smallest absolute Gasteiger partial charge is 0.244 e. The molecule has 2 nitrogen and oxygen atoms in total. The van der Waals surface area contributed by atoms with Gasteiger partial charge in [0.05, 0.1) is 0 Å². The summed E-state index contributed by atoms with van der Waals surface area (Å²) in [5.41, 5.74) is 8.20. The van der Waals surface area contributed by atoms with E-state index in [2.05, 4.69) is 0 Å². The van der Waals surface area contributed by atoms with Crippen LogP contribution in [-0.4, -0.2) is 5.91 Å². The normalized spacial score (nSPS) is 19.0. The molecule has 0 fully saturated rings. The van der Waals surface area contributed by atoms with E-state index in [0.29, 0.717) is 12.0 Å². The van der Waals surface area contributed by atoms with Crippen LogP contribution < -0.4 is 5.73 Å². The van der Waals surface area contributed by atoms with Gasteiger partial charge in [0, 0.05) is 12.0 Å². The van der Waals surface area contributed by atoms with Gasteiger partial charge in [-0.2, -0.15) is 0 Å². The van der Waals surface area contributed by atoms with Crippen molar-refractivity contribution in [3.05, 3.63) is 59.3 Å². The van der Waals surface area contributed by atoms with Gasteiger partial charge >= 0.3 is 0 Å². The second kappa shape index (κ2) is 3.50. The molecule has 0 saturated heterocycles. The minimum absolute atomic E-state index is 0.335. The van der Waals surface area contributed by atoms with Gasteiger partial charge in [-0.05, 0) is 11.1 Å². The van der Waals surface area contributed by atoms with Crippen LogP contribution in [0.2, 0.25) is 0 Å². The molecule has 0 aromatic carbocycles. The number of fused-ring (bicyclic) bond motifs is 1. The van der Waals surface area contributed by atoms with Crippen molar-refractivity contribution in [2.45, 2.75) is 6.42 Å². The molecule has 14 heavy (non-hydrogen) atoms. The lowest BCUT2D eigenvalue weighted by Crippen LogP contribution is -2.15. The van der Waals surface area contributed by atoms with Crippen molar-refractivity contribution in [2.24, 2.45) is 5.73 Å². The summed E-state index contributed by atoms with van der Waals surface area (Å²) in [5.74, 6) is -0.335. The molecule has 70 valence electrons. The number of nitrogens with two attached hydrogens (primary N) is 1. The third-order valence-electron chi connectivity index (χ3n) is 2.33. The van der Waals surface area contributed by atoms with E-state index in [0.717, 1.165) is 11.1 Å². The molecule has 0 aliphatic heterocycles. The van der Waals surface area contributed by atoms with Crippen LogP contribution in [-0.2, 0) is 4.79 Å². The molecule has 0 radical (unpaired) electrons. The molecule has 2 aliphatic rings. The van der Waals surface area contributed by atoms with Crippen LogP contribution in [0.25, 0.3) is 0 Å². The molecular weight excluding hydrogens is 174 g/mol. The van der Waals surface area contributed by atoms with E-state index in [9.17, 15) is 4.79 Å². The molecule has 0 heterocycles. The summed E-state index contributed by atoms with van der Waals surface area (Å²) in [6.07, 6.45) is 14.3. The van der Waals surface area contributed by atoms with Gasteiger partial charge in [0.25, 0.3) is 0 Å². The summed E-state index contributed by atoms with van der Waals surface area (Å²) in [7, 11) is 0. The molecule has 0 saturated carbocycles. The van der Waals surface area contributed by atoms with Crippen molar-refractivity contribution in [3.63, 3.8) is 0 Å². The highest BCUT2D eigenvalue weighted by atomic mass is 16.1. The first kappa shape index (κ1) is 8.75. The van der Waals surface area contributed by atoms with Crippen LogP contribution in [0.15, 0.2) is 59.3 Å². The number of hydrogen-bond acceptors (Lipinski definition) is 1. The van der Waals surface area contributed by atoms with E-state index in [1.54, 1.807) is 6.08 Å². The Morgan fingerprint density at radius 2 is 2.00 bits per heavy atom. The van der Waals surface area contributed by atoms with Crippen LogP contribution >= 0.6 is 0 Å². The SMILES string of the molecule is NC(=O)C1=CC=C2C=CC=CC=C2C1. The Kier molecular flexibility index (Phi) is 2.19. The zero-order valence-electron chi connectivity index (χ0n) is 7.73. The van der Waals surface area contributed by atoms with Gasteiger partial charge in [0.1, 0.15) is 0 Å². The van der Waals surface area contributed by atoms with Crippen molar-refractivity contribution in [2.75, 3.05) is 0 Å². The zero-order valence-corrected chi connectivity index (χ0v) is 7.73. The summed E-state index contributed by atoms with van der Waals surface area (Å²) >= 11 is 0. The molecule has 0 unspecified atom stereocenters. The Hall–Kier alpha value is -1.83. The van der Waals surface area contributed by atoms with Crippen molar-refractivity contribution < 1.29 is 4.79 Å². The van der Waals surface area contributed by atoms with E-state index < -0.39 is 0 Å². The average Bonchev–Trinajstić information content (AvgIpc) is 2.41. The minimum atomic E-state index is -0.335. The molecule has 0 aromatic heterocycles. The van der Waals surface area contributed by atoms with E-state index in [1.807, 2.05) is 36.5 Å². The maximum absolute atomic E-state index is 11.0. The zero-order chi connectivity index (χ0) is 9.97. The maximum atomic E-state index is 11.0. The Bertz CT molecular complexity index is 420. The van der Waals surface area contributed by atoms with Crippen LogP contribution in [0.5, 0.6) is 0 Å². The predicted molar refractivity (Wildman–Crippen MR) is 56.3 cm³/mol. The Morgan fingerprint density at radius 3 is 2.79 bits per heavy atom. The fourth-order valence-corrected chi connectivity index (χ4v) is 1.55. The minimum Gasteiger partial charge on any atom is -0.366 e. The van der Waals surface area contributed by atoms with Gasteiger partial charge in [-0.1, -0.05) is 42.5 Å². The van der Waals surface area contributed by atoms with E-state index in [-0.39, 0.29) is 5.91 Å². The number of carbonyl (C=O) groups is 1. The van der Waals surface area contributed by atoms with Gasteiger partial charge < -0.3 is 5.73 Å². The van der Waals surface area contributed by atoms with Crippen LogP contribution in [0, 0.1) is 0 Å². The Balaban J connectivity index is 2.38. The molecule has 0 aromatic rings. The Labute approximate surface area is 82.8 Å². The molecule has 2 heteroatoms. The molecule has 2 aliphatic carbocycles. The fourth-order valence-electron chi connectivity index (χ4n) is 1.55. The summed E-state index contributed by atoms with van der Waals surface area (Å²) in [6, 6.07) is 0. The molecule has 0 spiro atoms. The van der Waals surface area contributed by atoms with Gasteiger partial charge in [0.2, 0.25) is 5.91 Å². The first-order chi connectivity index (χ1) is 6.77. The third kappa shape index (κ3) is 1.59. The van der Waals surface area contributed by atoms with Crippen LogP contribution in [0.3, 0.4) is 0 Å². The summed E-state index contributed by atoms with van der Waals surface area (Å²) in [4.78, 5) is 11.0. The highest BCUT2D eigenvalue weighted by molar-refractivity contribution is 5.93. The van der Waals surface area contributed by atoms with Crippen molar-refractivity contribution in [3.8, 4) is 0 Å². The van der Waals surface area contributed by atoms with Gasteiger partial charge in [-0.15, -0.1) is 0 Å². The van der Waals surface area contributed by atoms with E-state index in [1.165, 1.54) is 0 Å². The molecule has 2 rings (SSSR count). The standard InChI is InChI=1S/C12H11NO/c13-12(14)11-7-6-9-4-2-1-3-5-10(9)8-11/h1-7H,8H2,(H2,13,14). The maximum Gasteiger partial charge on any atom is 0.244 e. The number of allylic oxidation sites excluding steroid dienone is 9. The quantitative estimate of drug-likeness (QED) is 0.664. The summed E-state index contributed by atoms with van der Waals surface area (Å²) < 4.78 is 0. The van der Waals surface area contributed by atoms with Gasteiger partial charge in [-0.25, -0.2) is 0 Å². The number of hydrogen-bond donors (Lipinski definition) is 1. The number of amides is 1. The lowest BCUT2D eigenvalue weighted by molar-refractivity contribution is -0.114. The average molecular weight is 185 g/mol. The number of rotatable bonds is 1. The second-order valence-corrected chi connectivity index (χ2v) is 3.29. The van der Waals surface area contributed by atoms with E-state index >= 15 is 0 Å². The summed E-state index contributed by atoms with van der Waals surface area (Å²) in [5, 5.41) is 0.